The lowest BCUT2D eigenvalue weighted by atomic mass is 10.0. The van der Waals surface area contributed by atoms with E-state index >= 15 is 0 Å². The van der Waals surface area contributed by atoms with Gasteiger partial charge in [0.15, 0.2) is 0 Å². The molecule has 0 aromatic heterocycles. The summed E-state index contributed by atoms with van der Waals surface area (Å²) in [7, 11) is 0. The summed E-state index contributed by atoms with van der Waals surface area (Å²) in [5.74, 6) is 0. The Balaban J connectivity index is 2.92. The molecule has 0 amide bonds. The maximum Gasteiger partial charge on any atom is 0.0827 e. The highest BCUT2D eigenvalue weighted by Gasteiger charge is 1.93. The predicted molar refractivity (Wildman–Crippen MR) is 89.8 cm³/mol. The van der Waals surface area contributed by atoms with Gasteiger partial charge in [-0.1, -0.05) is 103 Å². The molecule has 0 radical (unpaired) electrons. The summed E-state index contributed by atoms with van der Waals surface area (Å²) in [6, 6.07) is 0. The van der Waals surface area contributed by atoms with Crippen LogP contribution >= 0.6 is 0 Å². The summed E-state index contributed by atoms with van der Waals surface area (Å²) in [6.45, 7) is 2.28. The molecule has 0 fully saturated rings. The normalized spacial score (nSPS) is 11.5. The first-order chi connectivity index (χ1) is 9.91. The molecule has 0 rings (SSSR count). The van der Waals surface area contributed by atoms with Crippen LogP contribution in [0.5, 0.6) is 0 Å². The molecule has 0 N–H and O–H groups in total. The zero-order valence-electron chi connectivity index (χ0n) is 13.8. The van der Waals surface area contributed by atoms with Crippen molar-refractivity contribution in [1.82, 2.24) is 0 Å². The number of hydrogen-bond donors (Lipinski definition) is 0. The Morgan fingerprint density at radius 3 is 1.25 bits per heavy atom. The average Bonchev–Trinajstić information content (AvgIpc) is 2.47. The van der Waals surface area contributed by atoms with Crippen LogP contribution in [0, 0.1) is 0 Å². The van der Waals surface area contributed by atoms with Crippen molar-refractivity contribution >= 4 is 0 Å². The third kappa shape index (κ3) is 17.7. The molecule has 20 heavy (non-hydrogen) atoms. The van der Waals surface area contributed by atoms with Gasteiger partial charge in [0.2, 0.25) is 0 Å². The summed E-state index contributed by atoms with van der Waals surface area (Å²) in [6.07, 6.45) is 24.0. The van der Waals surface area contributed by atoms with Gasteiger partial charge in [-0.15, -0.1) is 0 Å². The van der Waals surface area contributed by atoms with Gasteiger partial charge in [-0.3, -0.25) is 0 Å². The van der Waals surface area contributed by atoms with Gasteiger partial charge < -0.3 is 0 Å². The smallest absolute Gasteiger partial charge is 0.0827 e. The Hall–Kier alpha value is -0.330. The van der Waals surface area contributed by atoms with Crippen LogP contribution in [0.15, 0.2) is 12.4 Å². The average molecular weight is 285 g/mol. The minimum Gasteiger partial charge on any atom is -0.216 e. The van der Waals surface area contributed by atoms with E-state index in [9.17, 15) is 4.39 Å². The van der Waals surface area contributed by atoms with Gasteiger partial charge in [-0.25, -0.2) is 4.39 Å². The number of hydrogen-bond acceptors (Lipinski definition) is 0. The van der Waals surface area contributed by atoms with E-state index in [2.05, 4.69) is 6.92 Å². The molecule has 0 aliphatic carbocycles. The van der Waals surface area contributed by atoms with Crippen molar-refractivity contribution in [2.24, 2.45) is 0 Å². The van der Waals surface area contributed by atoms with E-state index in [1.165, 1.54) is 89.9 Å². The number of rotatable bonds is 16. The molecule has 0 bridgehead atoms. The van der Waals surface area contributed by atoms with Crippen LogP contribution in [0.4, 0.5) is 4.39 Å². The molecular weight excluding hydrogens is 247 g/mol. The lowest BCUT2D eigenvalue weighted by molar-refractivity contribution is 0.532. The molecule has 0 atom stereocenters. The van der Waals surface area contributed by atoms with E-state index in [4.69, 9.17) is 0 Å². The number of halogens is 1. The molecule has 0 aromatic rings. The molecule has 0 nitrogen and oxygen atoms in total. The van der Waals surface area contributed by atoms with Crippen LogP contribution in [-0.4, -0.2) is 0 Å². The van der Waals surface area contributed by atoms with Crippen molar-refractivity contribution in [2.75, 3.05) is 0 Å². The van der Waals surface area contributed by atoms with E-state index in [-0.39, 0.29) is 0 Å². The second-order valence-electron chi connectivity index (χ2n) is 6.10. The molecule has 0 heterocycles. The third-order valence-corrected chi connectivity index (χ3v) is 4.06. The Bertz CT molecular complexity index is 186. The van der Waals surface area contributed by atoms with Gasteiger partial charge in [-0.05, 0) is 12.8 Å². The highest BCUT2D eigenvalue weighted by Crippen LogP contribution is 2.13. The van der Waals surface area contributed by atoms with Crippen molar-refractivity contribution in [3.63, 3.8) is 0 Å². The fraction of sp³-hybridized carbons (Fsp3) is 0.895. The van der Waals surface area contributed by atoms with Gasteiger partial charge in [-0.2, -0.15) is 0 Å². The maximum absolute atomic E-state index is 11.7. The molecule has 0 saturated carbocycles. The third-order valence-electron chi connectivity index (χ3n) is 4.06. The molecule has 0 saturated heterocycles. The van der Waals surface area contributed by atoms with Crippen molar-refractivity contribution < 1.29 is 4.39 Å². The van der Waals surface area contributed by atoms with Gasteiger partial charge in [0.05, 0.1) is 6.33 Å². The second-order valence-corrected chi connectivity index (χ2v) is 6.10. The van der Waals surface area contributed by atoms with Crippen molar-refractivity contribution in [2.45, 2.75) is 110 Å². The van der Waals surface area contributed by atoms with Crippen LogP contribution < -0.4 is 0 Å². The number of unbranched alkanes of at least 4 members (excludes halogenated alkanes) is 15. The molecule has 0 spiro atoms. The Morgan fingerprint density at radius 1 is 0.550 bits per heavy atom. The van der Waals surface area contributed by atoms with E-state index in [0.717, 1.165) is 12.8 Å². The van der Waals surface area contributed by atoms with Crippen LogP contribution in [0.25, 0.3) is 0 Å². The molecule has 120 valence electrons. The summed E-state index contributed by atoms with van der Waals surface area (Å²) >= 11 is 0. The summed E-state index contributed by atoms with van der Waals surface area (Å²) in [4.78, 5) is 0. The second kappa shape index (κ2) is 18.7. The Kier molecular flexibility index (Phi) is 18.4. The lowest BCUT2D eigenvalue weighted by Crippen LogP contribution is -1.83. The first-order valence-electron chi connectivity index (χ1n) is 9.17. The quantitative estimate of drug-likeness (QED) is 0.254. The summed E-state index contributed by atoms with van der Waals surface area (Å²) in [5, 5.41) is 0. The SMILES string of the molecule is CCCCCCCCCCCCCCCCC/C=C\F. The predicted octanol–water partition coefficient (Wildman–Crippen LogP) is 7.73. The summed E-state index contributed by atoms with van der Waals surface area (Å²) in [5.41, 5.74) is 0. The minimum absolute atomic E-state index is 0.670. The van der Waals surface area contributed by atoms with Crippen LogP contribution in [0.2, 0.25) is 0 Å². The van der Waals surface area contributed by atoms with E-state index in [1.807, 2.05) is 0 Å². The molecule has 0 aliphatic heterocycles. The lowest BCUT2D eigenvalue weighted by Gasteiger charge is -2.03. The fourth-order valence-corrected chi connectivity index (χ4v) is 2.70. The summed E-state index contributed by atoms with van der Waals surface area (Å²) < 4.78 is 11.7. The van der Waals surface area contributed by atoms with Crippen molar-refractivity contribution in [1.29, 1.82) is 0 Å². The number of allylic oxidation sites excluding steroid dienone is 1. The van der Waals surface area contributed by atoms with Gasteiger partial charge in [0, 0.05) is 0 Å². The maximum atomic E-state index is 11.7. The van der Waals surface area contributed by atoms with Gasteiger partial charge in [0.1, 0.15) is 0 Å². The van der Waals surface area contributed by atoms with E-state index < -0.39 is 0 Å². The molecule has 0 aliphatic rings. The first-order valence-corrected chi connectivity index (χ1v) is 9.17. The molecule has 1 heteroatoms. The molecule has 0 aromatic carbocycles. The Morgan fingerprint density at radius 2 is 0.900 bits per heavy atom. The topological polar surface area (TPSA) is 0 Å². The minimum atomic E-state index is 0.670. The largest absolute Gasteiger partial charge is 0.216 e. The molecule has 0 unspecified atom stereocenters. The fourth-order valence-electron chi connectivity index (χ4n) is 2.70. The highest BCUT2D eigenvalue weighted by molar-refractivity contribution is 4.71. The van der Waals surface area contributed by atoms with E-state index in [1.54, 1.807) is 6.08 Å². The Labute approximate surface area is 127 Å². The monoisotopic (exact) mass is 284 g/mol. The zero-order chi connectivity index (χ0) is 14.7. The van der Waals surface area contributed by atoms with Crippen molar-refractivity contribution in [3.8, 4) is 0 Å². The molecular formula is C19H37F. The highest BCUT2D eigenvalue weighted by atomic mass is 19.1. The van der Waals surface area contributed by atoms with Crippen LogP contribution in [0.1, 0.15) is 110 Å². The standard InChI is InChI=1S/C19H37F/c1-2-3-4-5-6-7-8-9-10-11-12-13-14-15-16-17-18-19-20/h18-19H,2-17H2,1H3/b19-18-. The van der Waals surface area contributed by atoms with Crippen LogP contribution in [0.3, 0.4) is 0 Å². The van der Waals surface area contributed by atoms with Gasteiger partial charge in [0.25, 0.3) is 0 Å². The zero-order valence-corrected chi connectivity index (χ0v) is 13.8. The van der Waals surface area contributed by atoms with E-state index in [0.29, 0.717) is 6.33 Å². The first kappa shape index (κ1) is 19.7. The van der Waals surface area contributed by atoms with Crippen LogP contribution in [-0.2, 0) is 0 Å². The van der Waals surface area contributed by atoms with Crippen molar-refractivity contribution in [3.05, 3.63) is 12.4 Å². The van der Waals surface area contributed by atoms with Gasteiger partial charge >= 0.3 is 0 Å².